The van der Waals surface area contributed by atoms with Crippen LogP contribution in [0, 0.1) is 0 Å². The molecule has 1 aromatic carbocycles. The fourth-order valence-corrected chi connectivity index (χ4v) is 2.13. The highest BCUT2D eigenvalue weighted by Gasteiger charge is 2.14. The number of rotatable bonds is 4. The normalized spacial score (nSPS) is 11.6. The van der Waals surface area contributed by atoms with E-state index in [1.807, 2.05) is 0 Å². The fourth-order valence-electron chi connectivity index (χ4n) is 2.13. The zero-order chi connectivity index (χ0) is 14.8. The van der Waals surface area contributed by atoms with Crippen LogP contribution in [0.15, 0.2) is 30.5 Å². The van der Waals surface area contributed by atoms with Crippen molar-refractivity contribution in [3.05, 3.63) is 41.6 Å². The Balaban J connectivity index is 2.24. The van der Waals surface area contributed by atoms with Crippen LogP contribution in [0.3, 0.4) is 0 Å². The number of hydrogen-bond acceptors (Lipinski definition) is 2. The Morgan fingerprint density at radius 2 is 1.90 bits per heavy atom. The summed E-state index contributed by atoms with van der Waals surface area (Å²) in [6, 6.07) is 8.32. The van der Waals surface area contributed by atoms with Gasteiger partial charge in [-0.1, -0.05) is 45.0 Å². The number of benzene rings is 1. The second-order valence-corrected chi connectivity index (χ2v) is 5.99. The number of carbonyl (C=O) groups is 1. The zero-order valence-electron chi connectivity index (χ0n) is 12.1. The van der Waals surface area contributed by atoms with Gasteiger partial charge in [-0.3, -0.25) is 9.89 Å². The number of nitrogens with one attached hydrogen (secondary N) is 1. The van der Waals surface area contributed by atoms with Crippen LogP contribution >= 0.6 is 0 Å². The lowest BCUT2D eigenvalue weighted by atomic mass is 9.86. The molecule has 0 aliphatic heterocycles. The summed E-state index contributed by atoms with van der Waals surface area (Å²) in [7, 11) is 0. The summed E-state index contributed by atoms with van der Waals surface area (Å²) in [5.74, 6) is -0.791. The predicted octanol–water partition coefficient (Wildman–Crippen LogP) is 3.39. The molecule has 0 fully saturated rings. The molecule has 2 aromatic rings. The number of aromatic amines is 1. The van der Waals surface area contributed by atoms with Gasteiger partial charge in [0.2, 0.25) is 0 Å². The minimum Gasteiger partial charge on any atom is -0.481 e. The van der Waals surface area contributed by atoms with Crippen molar-refractivity contribution in [3.63, 3.8) is 0 Å². The summed E-state index contributed by atoms with van der Waals surface area (Å²) in [6.45, 7) is 6.53. The molecule has 20 heavy (non-hydrogen) atoms. The van der Waals surface area contributed by atoms with E-state index in [9.17, 15) is 4.79 Å². The third-order valence-electron chi connectivity index (χ3n) is 3.37. The van der Waals surface area contributed by atoms with Crippen LogP contribution in [0.1, 0.15) is 38.3 Å². The number of carboxylic acid groups (broad SMARTS) is 1. The first-order chi connectivity index (χ1) is 9.38. The maximum Gasteiger partial charge on any atom is 0.303 e. The summed E-state index contributed by atoms with van der Waals surface area (Å²) in [5.41, 5.74) is 4.28. The molecule has 0 radical (unpaired) electrons. The summed E-state index contributed by atoms with van der Waals surface area (Å²) in [6.07, 6.45) is 2.31. The van der Waals surface area contributed by atoms with Crippen molar-refractivity contribution in [2.24, 2.45) is 0 Å². The van der Waals surface area contributed by atoms with Gasteiger partial charge in [-0.25, -0.2) is 0 Å². The fraction of sp³-hybridized carbons (Fsp3) is 0.375. The molecular weight excluding hydrogens is 252 g/mol. The number of aromatic nitrogens is 2. The molecule has 1 aromatic heterocycles. The van der Waals surface area contributed by atoms with E-state index < -0.39 is 5.97 Å². The third kappa shape index (κ3) is 3.26. The number of H-pyrrole nitrogens is 1. The number of aliphatic carboxylic acids is 1. The van der Waals surface area contributed by atoms with Gasteiger partial charge in [0.1, 0.15) is 0 Å². The predicted molar refractivity (Wildman–Crippen MR) is 78.7 cm³/mol. The summed E-state index contributed by atoms with van der Waals surface area (Å²) in [4.78, 5) is 10.7. The molecule has 0 saturated heterocycles. The van der Waals surface area contributed by atoms with E-state index in [2.05, 4.69) is 55.2 Å². The minimum atomic E-state index is -0.791. The SMILES string of the molecule is CC(C)(C)c1ccc(-c2[nH]ncc2CCC(=O)O)cc1. The maximum absolute atomic E-state index is 10.7. The Kier molecular flexibility index (Phi) is 3.93. The molecular formula is C16H20N2O2. The summed E-state index contributed by atoms with van der Waals surface area (Å²) in [5, 5.41) is 15.8. The highest BCUT2D eigenvalue weighted by molar-refractivity contribution is 5.69. The van der Waals surface area contributed by atoms with Gasteiger partial charge < -0.3 is 5.11 Å². The molecule has 4 heteroatoms. The van der Waals surface area contributed by atoms with E-state index in [1.165, 1.54) is 5.56 Å². The average molecular weight is 272 g/mol. The standard InChI is InChI=1S/C16H20N2O2/c1-16(2,3)13-7-4-11(5-8-13)15-12(10-17-18-15)6-9-14(19)20/h4-5,7-8,10H,6,9H2,1-3H3,(H,17,18)(H,19,20). The van der Waals surface area contributed by atoms with Gasteiger partial charge in [-0.05, 0) is 28.5 Å². The molecule has 0 saturated carbocycles. The first kappa shape index (κ1) is 14.3. The number of nitrogens with zero attached hydrogens (tertiary/aromatic N) is 1. The van der Waals surface area contributed by atoms with Gasteiger partial charge in [0.25, 0.3) is 0 Å². The molecule has 106 valence electrons. The van der Waals surface area contributed by atoms with E-state index in [-0.39, 0.29) is 11.8 Å². The molecule has 0 amide bonds. The first-order valence-corrected chi connectivity index (χ1v) is 6.73. The van der Waals surface area contributed by atoms with Crippen molar-refractivity contribution in [1.29, 1.82) is 0 Å². The van der Waals surface area contributed by atoms with Crippen LogP contribution in [0.25, 0.3) is 11.3 Å². The molecule has 0 atom stereocenters. The van der Waals surface area contributed by atoms with Crippen LogP contribution in [-0.2, 0) is 16.6 Å². The molecule has 0 unspecified atom stereocenters. The molecule has 0 spiro atoms. The van der Waals surface area contributed by atoms with Crippen molar-refractivity contribution >= 4 is 5.97 Å². The Labute approximate surface area is 118 Å². The van der Waals surface area contributed by atoms with E-state index in [1.54, 1.807) is 6.20 Å². The highest BCUT2D eigenvalue weighted by atomic mass is 16.4. The Hall–Kier alpha value is -2.10. The minimum absolute atomic E-state index is 0.118. The van der Waals surface area contributed by atoms with Crippen molar-refractivity contribution < 1.29 is 9.90 Å². The summed E-state index contributed by atoms with van der Waals surface area (Å²) >= 11 is 0. The second-order valence-electron chi connectivity index (χ2n) is 5.99. The highest BCUT2D eigenvalue weighted by Crippen LogP contribution is 2.27. The first-order valence-electron chi connectivity index (χ1n) is 6.73. The maximum atomic E-state index is 10.7. The van der Waals surface area contributed by atoms with Gasteiger partial charge in [-0.2, -0.15) is 5.10 Å². The van der Waals surface area contributed by atoms with Crippen LogP contribution in [0.2, 0.25) is 0 Å². The molecule has 1 heterocycles. The number of hydrogen-bond donors (Lipinski definition) is 2. The molecule has 0 bridgehead atoms. The van der Waals surface area contributed by atoms with Gasteiger partial charge in [0, 0.05) is 6.42 Å². The largest absolute Gasteiger partial charge is 0.481 e. The monoisotopic (exact) mass is 272 g/mol. The quantitative estimate of drug-likeness (QED) is 0.896. The number of aryl methyl sites for hydroxylation is 1. The van der Waals surface area contributed by atoms with E-state index in [4.69, 9.17) is 5.11 Å². The van der Waals surface area contributed by atoms with E-state index in [0.717, 1.165) is 16.8 Å². The topological polar surface area (TPSA) is 66.0 Å². The lowest BCUT2D eigenvalue weighted by molar-refractivity contribution is -0.136. The van der Waals surface area contributed by atoms with Gasteiger partial charge in [0.05, 0.1) is 11.9 Å². The van der Waals surface area contributed by atoms with Crippen molar-refractivity contribution in [2.45, 2.75) is 39.0 Å². The smallest absolute Gasteiger partial charge is 0.303 e. The molecule has 4 nitrogen and oxygen atoms in total. The second kappa shape index (κ2) is 5.49. The van der Waals surface area contributed by atoms with Crippen molar-refractivity contribution in [3.8, 4) is 11.3 Å². The van der Waals surface area contributed by atoms with Gasteiger partial charge >= 0.3 is 5.97 Å². The molecule has 2 N–H and O–H groups in total. The van der Waals surface area contributed by atoms with Crippen LogP contribution in [0.5, 0.6) is 0 Å². The average Bonchev–Trinajstić information content (AvgIpc) is 2.83. The van der Waals surface area contributed by atoms with Crippen LogP contribution < -0.4 is 0 Å². The van der Waals surface area contributed by atoms with E-state index >= 15 is 0 Å². The third-order valence-corrected chi connectivity index (χ3v) is 3.37. The Morgan fingerprint density at radius 3 is 2.45 bits per heavy atom. The zero-order valence-corrected chi connectivity index (χ0v) is 12.1. The molecule has 2 rings (SSSR count). The van der Waals surface area contributed by atoms with Crippen LogP contribution in [0.4, 0.5) is 0 Å². The van der Waals surface area contributed by atoms with E-state index in [0.29, 0.717) is 6.42 Å². The molecule has 0 aliphatic carbocycles. The van der Waals surface area contributed by atoms with Gasteiger partial charge in [-0.15, -0.1) is 0 Å². The van der Waals surface area contributed by atoms with Gasteiger partial charge in [0.15, 0.2) is 0 Å². The Morgan fingerprint density at radius 1 is 1.25 bits per heavy atom. The number of carboxylic acids is 1. The van der Waals surface area contributed by atoms with Crippen LogP contribution in [-0.4, -0.2) is 21.3 Å². The van der Waals surface area contributed by atoms with Crippen molar-refractivity contribution in [1.82, 2.24) is 10.2 Å². The lowest BCUT2D eigenvalue weighted by Gasteiger charge is -2.19. The van der Waals surface area contributed by atoms with Crippen molar-refractivity contribution in [2.75, 3.05) is 0 Å². The summed E-state index contributed by atoms with van der Waals surface area (Å²) < 4.78 is 0. The molecule has 0 aliphatic rings. The lowest BCUT2D eigenvalue weighted by Crippen LogP contribution is -2.10. The Bertz CT molecular complexity index is 592.